The number of rotatable bonds is 7. The Labute approximate surface area is 139 Å². The number of nitrogens with one attached hydrogen (secondary N) is 1. The van der Waals surface area contributed by atoms with E-state index >= 15 is 0 Å². The second-order valence-corrected chi connectivity index (χ2v) is 8.49. The van der Waals surface area contributed by atoms with E-state index in [1.54, 1.807) is 0 Å². The van der Waals surface area contributed by atoms with Crippen LogP contribution in [-0.4, -0.2) is 16.3 Å². The molecule has 21 heavy (non-hydrogen) atoms. The Morgan fingerprint density at radius 1 is 1.29 bits per heavy atom. The molecule has 2 unspecified atom stereocenters. The van der Waals surface area contributed by atoms with Gasteiger partial charge >= 0.3 is 0 Å². The van der Waals surface area contributed by atoms with Gasteiger partial charge in [0.25, 0.3) is 0 Å². The normalized spacial score (nSPS) is 15.5. The Kier molecular flexibility index (Phi) is 6.92. The Morgan fingerprint density at radius 2 is 1.90 bits per heavy atom. The number of halogens is 1. The number of nitrogens with zero attached hydrogens (tertiary/aromatic N) is 2. The highest BCUT2D eigenvalue weighted by atomic mass is 79.9. The van der Waals surface area contributed by atoms with E-state index in [-0.39, 0.29) is 0 Å². The summed E-state index contributed by atoms with van der Waals surface area (Å²) in [5, 5.41) is 8.18. The maximum atomic E-state index is 4.53. The molecular weight excluding hydrogens is 326 g/mol. The van der Waals surface area contributed by atoms with Crippen LogP contribution in [0.1, 0.15) is 79.1 Å². The van der Waals surface area contributed by atoms with Crippen LogP contribution in [0.5, 0.6) is 0 Å². The highest BCUT2D eigenvalue weighted by Gasteiger charge is 2.24. The number of hydrogen-bond acceptors (Lipinski definition) is 2. The van der Waals surface area contributed by atoms with Crippen LogP contribution in [-0.2, 0) is 0 Å². The first-order valence-electron chi connectivity index (χ1n) is 8.12. The van der Waals surface area contributed by atoms with Gasteiger partial charge < -0.3 is 5.32 Å². The predicted octanol–water partition coefficient (Wildman–Crippen LogP) is 5.34. The van der Waals surface area contributed by atoms with Gasteiger partial charge in [-0.05, 0) is 60.5 Å². The molecular formula is C17H32BrN3. The summed E-state index contributed by atoms with van der Waals surface area (Å²) in [6.07, 6.45) is 4.30. The van der Waals surface area contributed by atoms with Crippen LogP contribution in [0.25, 0.3) is 0 Å². The summed E-state index contributed by atoms with van der Waals surface area (Å²) < 4.78 is 3.26. The molecule has 0 aliphatic rings. The molecule has 4 heteroatoms. The molecule has 0 radical (unpaired) electrons. The summed E-state index contributed by atoms with van der Waals surface area (Å²) in [6, 6.07) is 0.733. The summed E-state index contributed by atoms with van der Waals surface area (Å²) in [6.45, 7) is 16.8. The third kappa shape index (κ3) is 5.74. The summed E-state index contributed by atoms with van der Waals surface area (Å²) in [4.78, 5) is 0. The smallest absolute Gasteiger partial charge is 0.0698 e. The Morgan fingerprint density at radius 3 is 2.38 bits per heavy atom. The highest BCUT2D eigenvalue weighted by Crippen LogP contribution is 2.34. The van der Waals surface area contributed by atoms with Gasteiger partial charge in [0.1, 0.15) is 0 Å². The molecule has 1 N–H and O–H groups in total. The monoisotopic (exact) mass is 357 g/mol. The second kappa shape index (κ2) is 7.77. The van der Waals surface area contributed by atoms with Gasteiger partial charge in [0.15, 0.2) is 0 Å². The molecule has 0 amide bonds. The maximum Gasteiger partial charge on any atom is 0.0698 e. The van der Waals surface area contributed by atoms with Crippen molar-refractivity contribution in [3.05, 3.63) is 16.4 Å². The molecule has 0 saturated carbocycles. The Bertz CT molecular complexity index is 432. The first-order chi connectivity index (χ1) is 9.65. The molecule has 0 aromatic carbocycles. The van der Waals surface area contributed by atoms with Crippen molar-refractivity contribution < 1.29 is 0 Å². The summed E-state index contributed by atoms with van der Waals surface area (Å²) in [7, 11) is 0. The zero-order chi connectivity index (χ0) is 16.2. The van der Waals surface area contributed by atoms with Crippen LogP contribution in [0.2, 0.25) is 0 Å². The molecule has 0 fully saturated rings. The summed E-state index contributed by atoms with van der Waals surface area (Å²) in [5.41, 5.74) is 1.67. The van der Waals surface area contributed by atoms with E-state index in [2.05, 4.69) is 79.5 Å². The van der Waals surface area contributed by atoms with Gasteiger partial charge in [-0.2, -0.15) is 5.10 Å². The van der Waals surface area contributed by atoms with Crippen molar-refractivity contribution in [3.63, 3.8) is 0 Å². The second-order valence-electron chi connectivity index (χ2n) is 7.63. The zero-order valence-corrected chi connectivity index (χ0v) is 16.3. The molecule has 0 aliphatic heterocycles. The van der Waals surface area contributed by atoms with Gasteiger partial charge in [0, 0.05) is 6.04 Å². The van der Waals surface area contributed by atoms with Gasteiger partial charge in [0.05, 0.1) is 22.4 Å². The fraction of sp³-hybridized carbons (Fsp3) is 0.824. The topological polar surface area (TPSA) is 29.9 Å². The van der Waals surface area contributed by atoms with Crippen molar-refractivity contribution in [2.45, 2.75) is 73.4 Å². The average Bonchev–Trinajstić information content (AvgIpc) is 2.68. The van der Waals surface area contributed by atoms with Crippen LogP contribution in [0.15, 0.2) is 10.7 Å². The lowest BCUT2D eigenvalue weighted by Gasteiger charge is -2.28. The van der Waals surface area contributed by atoms with Crippen molar-refractivity contribution in [3.8, 4) is 0 Å². The molecule has 2 atom stereocenters. The van der Waals surface area contributed by atoms with Gasteiger partial charge in [-0.3, -0.25) is 4.68 Å². The van der Waals surface area contributed by atoms with Crippen LogP contribution in [0.3, 0.4) is 0 Å². The van der Waals surface area contributed by atoms with Gasteiger partial charge in [-0.1, -0.05) is 34.6 Å². The summed E-state index contributed by atoms with van der Waals surface area (Å²) in [5.74, 6) is 0.677. The molecule has 122 valence electrons. The molecule has 0 bridgehead atoms. The lowest BCUT2D eigenvalue weighted by atomic mass is 9.82. The van der Waals surface area contributed by atoms with E-state index in [1.165, 1.54) is 12.1 Å². The molecule has 3 nitrogen and oxygen atoms in total. The predicted molar refractivity (Wildman–Crippen MR) is 94.6 cm³/mol. The Hall–Kier alpha value is -0.350. The standard InChI is InChI=1S/C17H32BrN3/c1-8-19-15(9-13(4)10-17(5,6)7)16-14(18)11-20-21(16)12(2)3/h11-13,15,19H,8-10H2,1-7H3. The van der Waals surface area contributed by atoms with Crippen molar-refractivity contribution in [2.75, 3.05) is 6.54 Å². The molecule has 1 aromatic rings. The van der Waals surface area contributed by atoms with E-state index in [0.29, 0.717) is 23.4 Å². The molecule has 0 saturated heterocycles. The molecule has 0 spiro atoms. The van der Waals surface area contributed by atoms with Crippen LogP contribution >= 0.6 is 15.9 Å². The van der Waals surface area contributed by atoms with Crippen molar-refractivity contribution in [1.82, 2.24) is 15.1 Å². The minimum absolute atomic E-state index is 0.353. The molecule has 1 heterocycles. The Balaban J connectivity index is 2.94. The number of hydrogen-bond donors (Lipinski definition) is 1. The quantitative estimate of drug-likeness (QED) is 0.713. The highest BCUT2D eigenvalue weighted by molar-refractivity contribution is 9.10. The summed E-state index contributed by atoms with van der Waals surface area (Å²) >= 11 is 3.68. The number of aromatic nitrogens is 2. The van der Waals surface area contributed by atoms with E-state index < -0.39 is 0 Å². The fourth-order valence-corrected chi connectivity index (χ4v) is 3.71. The molecule has 1 aromatic heterocycles. The third-order valence-electron chi connectivity index (χ3n) is 3.66. The molecule has 1 rings (SSSR count). The van der Waals surface area contributed by atoms with Crippen molar-refractivity contribution >= 4 is 15.9 Å². The zero-order valence-electron chi connectivity index (χ0n) is 14.7. The van der Waals surface area contributed by atoms with E-state index in [1.807, 2.05) is 6.20 Å². The van der Waals surface area contributed by atoms with Crippen molar-refractivity contribution in [2.24, 2.45) is 11.3 Å². The minimum atomic E-state index is 0.353. The minimum Gasteiger partial charge on any atom is -0.309 e. The van der Waals surface area contributed by atoms with E-state index in [0.717, 1.165) is 17.4 Å². The van der Waals surface area contributed by atoms with Gasteiger partial charge in [-0.15, -0.1) is 0 Å². The fourth-order valence-electron chi connectivity index (χ4n) is 3.16. The van der Waals surface area contributed by atoms with Gasteiger partial charge in [-0.25, -0.2) is 0 Å². The van der Waals surface area contributed by atoms with E-state index in [4.69, 9.17) is 0 Å². The first-order valence-corrected chi connectivity index (χ1v) is 8.91. The largest absolute Gasteiger partial charge is 0.309 e. The molecule has 0 aliphatic carbocycles. The first kappa shape index (κ1) is 18.7. The van der Waals surface area contributed by atoms with E-state index in [9.17, 15) is 0 Å². The van der Waals surface area contributed by atoms with Crippen LogP contribution in [0, 0.1) is 11.3 Å². The third-order valence-corrected chi connectivity index (χ3v) is 4.27. The van der Waals surface area contributed by atoms with Crippen LogP contribution < -0.4 is 5.32 Å². The van der Waals surface area contributed by atoms with Crippen LogP contribution in [0.4, 0.5) is 0 Å². The lowest BCUT2D eigenvalue weighted by molar-refractivity contribution is 0.271. The SMILES string of the molecule is CCNC(CC(C)CC(C)(C)C)c1c(Br)cnn1C(C)C. The van der Waals surface area contributed by atoms with Gasteiger partial charge in [0.2, 0.25) is 0 Å². The average molecular weight is 358 g/mol. The van der Waals surface area contributed by atoms with Crippen molar-refractivity contribution in [1.29, 1.82) is 0 Å². The lowest BCUT2D eigenvalue weighted by Crippen LogP contribution is -2.27. The maximum absolute atomic E-state index is 4.53.